The van der Waals surface area contributed by atoms with Crippen molar-refractivity contribution in [2.75, 3.05) is 7.11 Å². The van der Waals surface area contributed by atoms with Crippen LogP contribution in [0.15, 0.2) is 12.1 Å². The Balaban J connectivity index is 2.58. The zero-order chi connectivity index (χ0) is 11.9. The van der Waals surface area contributed by atoms with E-state index in [1.807, 2.05) is 0 Å². The highest BCUT2D eigenvalue weighted by atomic mass is 35.5. The molecule has 0 bridgehead atoms. The van der Waals surface area contributed by atoms with E-state index in [-0.39, 0.29) is 16.5 Å². The fourth-order valence-electron chi connectivity index (χ4n) is 1.85. The molecule has 16 heavy (non-hydrogen) atoms. The van der Waals surface area contributed by atoms with Crippen LogP contribution in [0.3, 0.4) is 0 Å². The number of benzene rings is 1. The molecule has 4 nitrogen and oxygen atoms in total. The number of carboxylic acids is 1. The summed E-state index contributed by atoms with van der Waals surface area (Å²) >= 11 is 5.74. The maximum absolute atomic E-state index is 11.2. The van der Waals surface area contributed by atoms with E-state index in [1.165, 1.54) is 13.2 Å². The monoisotopic (exact) mass is 242 g/mol. The predicted molar refractivity (Wildman–Crippen MR) is 58.2 cm³/mol. The summed E-state index contributed by atoms with van der Waals surface area (Å²) in [6, 6.07) is 3.08. The van der Waals surface area contributed by atoms with E-state index in [9.17, 15) is 9.90 Å². The van der Waals surface area contributed by atoms with Crippen molar-refractivity contribution in [3.63, 3.8) is 0 Å². The fraction of sp³-hybridized carbons (Fsp3) is 0.364. The molecule has 0 atom stereocenters. The number of carbonyl (C=O) groups is 1. The summed E-state index contributed by atoms with van der Waals surface area (Å²) in [6.07, 6.45) is 1.11. The van der Waals surface area contributed by atoms with Crippen molar-refractivity contribution in [3.05, 3.63) is 22.7 Å². The lowest BCUT2D eigenvalue weighted by Gasteiger charge is -2.16. The maximum atomic E-state index is 11.2. The van der Waals surface area contributed by atoms with Gasteiger partial charge in [0.15, 0.2) is 11.5 Å². The second-order valence-corrected chi connectivity index (χ2v) is 4.27. The zero-order valence-electron chi connectivity index (χ0n) is 8.66. The van der Waals surface area contributed by atoms with Gasteiger partial charge in [0.05, 0.1) is 17.5 Å². The molecule has 0 radical (unpaired) electrons. The number of carboxylic acid groups (broad SMARTS) is 1. The van der Waals surface area contributed by atoms with Crippen LogP contribution in [0, 0.1) is 0 Å². The fourth-order valence-corrected chi connectivity index (χ4v) is 2.00. The Hall–Kier alpha value is -1.42. The van der Waals surface area contributed by atoms with Crippen molar-refractivity contribution in [3.8, 4) is 11.5 Å². The van der Waals surface area contributed by atoms with Crippen LogP contribution in [0.1, 0.15) is 18.4 Å². The van der Waals surface area contributed by atoms with Gasteiger partial charge in [0.1, 0.15) is 0 Å². The van der Waals surface area contributed by atoms with Crippen LogP contribution in [0.5, 0.6) is 11.5 Å². The molecule has 0 aliphatic heterocycles. The van der Waals surface area contributed by atoms with Crippen LogP contribution in [0.4, 0.5) is 0 Å². The van der Waals surface area contributed by atoms with Crippen molar-refractivity contribution in [1.29, 1.82) is 0 Å². The standard InChI is InChI=1S/C11H11ClO4/c1-16-9-6(2-3-7(12)8(9)13)11(4-5-11)10(14)15/h2-3,13H,4-5H2,1H3,(H,14,15). The molecule has 1 fully saturated rings. The molecule has 2 N–H and O–H groups in total. The van der Waals surface area contributed by atoms with Crippen LogP contribution in [0.25, 0.3) is 0 Å². The first-order valence-electron chi connectivity index (χ1n) is 4.82. The van der Waals surface area contributed by atoms with Gasteiger partial charge in [-0.3, -0.25) is 4.79 Å². The van der Waals surface area contributed by atoms with E-state index in [1.54, 1.807) is 6.07 Å². The second kappa shape index (κ2) is 3.56. The number of halogens is 1. The third kappa shape index (κ3) is 1.41. The van der Waals surface area contributed by atoms with Crippen LogP contribution in [-0.2, 0) is 10.2 Å². The molecular weight excluding hydrogens is 232 g/mol. The highest BCUT2D eigenvalue weighted by Crippen LogP contribution is 2.54. The second-order valence-electron chi connectivity index (χ2n) is 3.86. The Morgan fingerprint density at radius 2 is 2.12 bits per heavy atom. The van der Waals surface area contributed by atoms with E-state index in [4.69, 9.17) is 21.4 Å². The Bertz CT molecular complexity index is 452. The molecule has 2 rings (SSSR count). The van der Waals surface area contributed by atoms with Crippen molar-refractivity contribution >= 4 is 17.6 Å². The molecule has 1 aromatic rings. The summed E-state index contributed by atoms with van der Waals surface area (Å²) < 4.78 is 5.04. The summed E-state index contributed by atoms with van der Waals surface area (Å²) in [4.78, 5) is 11.2. The van der Waals surface area contributed by atoms with E-state index in [0.717, 1.165) is 0 Å². The maximum Gasteiger partial charge on any atom is 0.314 e. The Labute approximate surface area is 97.4 Å². The third-order valence-corrected chi connectivity index (χ3v) is 3.27. The summed E-state index contributed by atoms with van der Waals surface area (Å²) in [5, 5.41) is 19.0. The lowest BCUT2D eigenvalue weighted by molar-refractivity contribution is -0.140. The van der Waals surface area contributed by atoms with Gasteiger partial charge in [-0.1, -0.05) is 17.7 Å². The first kappa shape index (κ1) is 11.1. The van der Waals surface area contributed by atoms with Crippen molar-refractivity contribution in [2.45, 2.75) is 18.3 Å². The summed E-state index contributed by atoms with van der Waals surface area (Å²) in [7, 11) is 1.38. The zero-order valence-corrected chi connectivity index (χ0v) is 9.41. The number of aliphatic carboxylic acids is 1. The van der Waals surface area contributed by atoms with E-state index >= 15 is 0 Å². The van der Waals surface area contributed by atoms with E-state index < -0.39 is 11.4 Å². The van der Waals surface area contributed by atoms with Gasteiger partial charge in [-0.2, -0.15) is 0 Å². The lowest BCUT2D eigenvalue weighted by Crippen LogP contribution is -2.20. The largest absolute Gasteiger partial charge is 0.503 e. The Morgan fingerprint density at radius 1 is 1.50 bits per heavy atom. The number of ether oxygens (including phenoxy) is 1. The van der Waals surface area contributed by atoms with Crippen molar-refractivity contribution in [2.24, 2.45) is 0 Å². The molecular formula is C11H11ClO4. The molecule has 0 amide bonds. The van der Waals surface area contributed by atoms with E-state index in [2.05, 4.69) is 0 Å². The SMILES string of the molecule is COc1c(C2(C(=O)O)CC2)ccc(Cl)c1O. The highest BCUT2D eigenvalue weighted by Gasteiger charge is 2.53. The van der Waals surface area contributed by atoms with Crippen molar-refractivity contribution < 1.29 is 19.7 Å². The summed E-state index contributed by atoms with van der Waals surface area (Å²) in [5.74, 6) is -0.936. The van der Waals surface area contributed by atoms with Gasteiger partial charge in [0, 0.05) is 5.56 Å². The molecule has 0 spiro atoms. The Kier molecular flexibility index (Phi) is 2.46. The van der Waals surface area contributed by atoms with Gasteiger partial charge in [0.2, 0.25) is 0 Å². The van der Waals surface area contributed by atoms with Gasteiger partial charge in [-0.05, 0) is 18.9 Å². The first-order valence-corrected chi connectivity index (χ1v) is 5.20. The first-order chi connectivity index (χ1) is 7.53. The number of phenolic OH excluding ortho intramolecular Hbond substituents is 1. The molecule has 0 unspecified atom stereocenters. The third-order valence-electron chi connectivity index (χ3n) is 2.96. The summed E-state index contributed by atoms with van der Waals surface area (Å²) in [6.45, 7) is 0. The van der Waals surface area contributed by atoms with Crippen LogP contribution < -0.4 is 4.74 Å². The molecule has 0 saturated heterocycles. The van der Waals surface area contributed by atoms with Gasteiger partial charge in [-0.15, -0.1) is 0 Å². The van der Waals surface area contributed by atoms with Crippen molar-refractivity contribution in [1.82, 2.24) is 0 Å². The van der Waals surface area contributed by atoms with Crippen LogP contribution in [0.2, 0.25) is 5.02 Å². The average molecular weight is 243 g/mol. The van der Waals surface area contributed by atoms with Crippen LogP contribution in [-0.4, -0.2) is 23.3 Å². The quantitative estimate of drug-likeness (QED) is 0.853. The van der Waals surface area contributed by atoms with Gasteiger partial charge in [-0.25, -0.2) is 0 Å². The molecule has 1 aliphatic carbocycles. The normalized spacial score (nSPS) is 16.9. The van der Waals surface area contributed by atoms with Gasteiger partial charge < -0.3 is 14.9 Å². The molecule has 5 heteroatoms. The average Bonchev–Trinajstić information content (AvgIpc) is 3.02. The van der Waals surface area contributed by atoms with Gasteiger partial charge in [0.25, 0.3) is 0 Å². The number of phenols is 1. The van der Waals surface area contributed by atoms with Gasteiger partial charge >= 0.3 is 5.97 Å². The highest BCUT2D eigenvalue weighted by molar-refractivity contribution is 6.32. The number of hydrogen-bond acceptors (Lipinski definition) is 3. The molecule has 1 aromatic carbocycles. The minimum Gasteiger partial charge on any atom is -0.503 e. The molecule has 1 saturated carbocycles. The number of rotatable bonds is 3. The lowest BCUT2D eigenvalue weighted by atomic mass is 9.95. The van der Waals surface area contributed by atoms with E-state index in [0.29, 0.717) is 18.4 Å². The predicted octanol–water partition coefficient (Wildman–Crippen LogP) is 2.17. The molecule has 0 aromatic heterocycles. The smallest absolute Gasteiger partial charge is 0.314 e. The molecule has 86 valence electrons. The molecule has 0 heterocycles. The number of aromatic hydroxyl groups is 1. The molecule has 1 aliphatic rings. The number of methoxy groups -OCH3 is 1. The Morgan fingerprint density at radius 3 is 2.56 bits per heavy atom. The minimum atomic E-state index is -0.909. The summed E-state index contributed by atoms with van der Waals surface area (Å²) in [5.41, 5.74) is -0.419. The number of hydrogen-bond donors (Lipinski definition) is 2. The minimum absolute atomic E-state index is 0.154. The van der Waals surface area contributed by atoms with Crippen LogP contribution >= 0.6 is 11.6 Å². The topological polar surface area (TPSA) is 66.8 Å².